The van der Waals surface area contributed by atoms with Crippen LogP contribution in [0.25, 0.3) is 5.57 Å². The third-order valence-electron chi connectivity index (χ3n) is 4.05. The van der Waals surface area contributed by atoms with Gasteiger partial charge in [0, 0.05) is 0 Å². The molecule has 0 bridgehead atoms. The average Bonchev–Trinajstić information content (AvgIpc) is 2.44. The minimum absolute atomic E-state index is 0.840. The maximum atomic E-state index is 2.51. The lowest BCUT2D eigenvalue weighted by Crippen LogP contribution is -2.26. The summed E-state index contributed by atoms with van der Waals surface area (Å²) < 4.78 is 0. The first-order chi connectivity index (χ1) is 7.02. The number of hydrogen-bond donors (Lipinski definition) is 0. The van der Waals surface area contributed by atoms with E-state index < -0.39 is 8.07 Å². The van der Waals surface area contributed by atoms with Crippen LogP contribution in [0, 0.1) is 0 Å². The average molecular weight is 216 g/mol. The fourth-order valence-electron chi connectivity index (χ4n) is 2.56. The van der Waals surface area contributed by atoms with E-state index in [0.29, 0.717) is 0 Å². The molecule has 15 heavy (non-hydrogen) atoms. The standard InChI is InChI=1S/C14H20Si/c1-11-12(2)15(3,4)10-14(11)13-8-6-5-7-9-13/h5-9,12H,10H2,1-4H3. The van der Waals surface area contributed by atoms with Crippen LogP contribution < -0.4 is 0 Å². The zero-order valence-corrected chi connectivity index (χ0v) is 11.2. The van der Waals surface area contributed by atoms with Crippen molar-refractivity contribution in [2.75, 3.05) is 0 Å². The number of hydrogen-bond acceptors (Lipinski definition) is 0. The van der Waals surface area contributed by atoms with Gasteiger partial charge in [0.15, 0.2) is 0 Å². The molecule has 1 unspecified atom stereocenters. The summed E-state index contributed by atoms with van der Waals surface area (Å²) in [6.07, 6.45) is 0. The lowest BCUT2D eigenvalue weighted by molar-refractivity contribution is 1.06. The molecule has 80 valence electrons. The van der Waals surface area contributed by atoms with Gasteiger partial charge in [0.05, 0.1) is 8.07 Å². The third-order valence-corrected chi connectivity index (χ3v) is 8.09. The Morgan fingerprint density at radius 1 is 1.13 bits per heavy atom. The second-order valence-corrected chi connectivity index (χ2v) is 10.6. The molecule has 2 rings (SSSR count). The van der Waals surface area contributed by atoms with Gasteiger partial charge in [0.2, 0.25) is 0 Å². The first-order valence-electron chi connectivity index (χ1n) is 5.77. The number of benzene rings is 1. The Morgan fingerprint density at radius 3 is 2.20 bits per heavy atom. The molecule has 0 spiro atoms. The van der Waals surface area contributed by atoms with Crippen LogP contribution in [0.2, 0.25) is 24.7 Å². The predicted molar refractivity (Wildman–Crippen MR) is 70.7 cm³/mol. The van der Waals surface area contributed by atoms with Crippen LogP contribution in [0.5, 0.6) is 0 Å². The van der Waals surface area contributed by atoms with Crippen molar-refractivity contribution in [3.63, 3.8) is 0 Å². The van der Waals surface area contributed by atoms with Crippen LogP contribution in [-0.2, 0) is 0 Å². The zero-order chi connectivity index (χ0) is 11.1. The van der Waals surface area contributed by atoms with E-state index >= 15 is 0 Å². The minimum Gasteiger partial charge on any atom is -0.0696 e. The molecule has 0 N–H and O–H groups in total. The Bertz CT molecular complexity index is 387. The van der Waals surface area contributed by atoms with Crippen molar-refractivity contribution < 1.29 is 0 Å². The van der Waals surface area contributed by atoms with Crippen LogP contribution in [0.15, 0.2) is 35.9 Å². The van der Waals surface area contributed by atoms with Crippen molar-refractivity contribution in [3.8, 4) is 0 Å². The Labute approximate surface area is 94.0 Å². The van der Waals surface area contributed by atoms with Gasteiger partial charge in [-0.1, -0.05) is 55.9 Å². The maximum absolute atomic E-state index is 2.51. The minimum atomic E-state index is -1.03. The SMILES string of the molecule is CC1=C(c2ccccc2)C[Si](C)(C)C1C. The highest BCUT2D eigenvalue weighted by molar-refractivity contribution is 6.82. The second-order valence-electron chi connectivity index (χ2n) is 5.41. The van der Waals surface area contributed by atoms with Gasteiger partial charge in [-0.05, 0) is 29.6 Å². The molecule has 0 nitrogen and oxygen atoms in total. The maximum Gasteiger partial charge on any atom is 0.0587 e. The molecule has 1 atom stereocenters. The van der Waals surface area contributed by atoms with E-state index in [0.717, 1.165) is 5.54 Å². The van der Waals surface area contributed by atoms with Crippen LogP contribution in [-0.4, -0.2) is 8.07 Å². The molecule has 0 aliphatic carbocycles. The van der Waals surface area contributed by atoms with Crippen LogP contribution in [0.1, 0.15) is 19.4 Å². The van der Waals surface area contributed by atoms with E-state index in [4.69, 9.17) is 0 Å². The van der Waals surface area contributed by atoms with Crippen molar-refractivity contribution in [1.82, 2.24) is 0 Å². The van der Waals surface area contributed by atoms with Gasteiger partial charge in [-0.25, -0.2) is 0 Å². The molecule has 0 saturated carbocycles. The molecule has 1 aliphatic rings. The van der Waals surface area contributed by atoms with Crippen LogP contribution >= 0.6 is 0 Å². The Hall–Kier alpha value is -0.823. The van der Waals surface area contributed by atoms with Crippen molar-refractivity contribution >= 4 is 13.6 Å². The fraction of sp³-hybridized carbons (Fsp3) is 0.429. The van der Waals surface area contributed by atoms with Gasteiger partial charge < -0.3 is 0 Å². The Balaban J connectivity index is 2.40. The third kappa shape index (κ3) is 1.81. The number of rotatable bonds is 1. The highest BCUT2D eigenvalue weighted by atomic mass is 28.3. The summed E-state index contributed by atoms with van der Waals surface area (Å²) in [4.78, 5) is 0. The van der Waals surface area contributed by atoms with E-state index in [1.807, 2.05) is 0 Å². The summed E-state index contributed by atoms with van der Waals surface area (Å²) in [6, 6.07) is 12.2. The highest BCUT2D eigenvalue weighted by Gasteiger charge is 2.37. The normalized spacial score (nSPS) is 24.7. The zero-order valence-electron chi connectivity index (χ0n) is 10.2. The fourth-order valence-corrected chi connectivity index (χ4v) is 5.61. The van der Waals surface area contributed by atoms with Crippen molar-refractivity contribution in [2.45, 2.75) is 38.5 Å². The number of allylic oxidation sites excluding steroid dienone is 2. The van der Waals surface area contributed by atoms with E-state index in [1.54, 1.807) is 11.1 Å². The van der Waals surface area contributed by atoms with Crippen molar-refractivity contribution in [2.24, 2.45) is 0 Å². The molecule has 1 aliphatic heterocycles. The summed E-state index contributed by atoms with van der Waals surface area (Å²) in [5.41, 5.74) is 5.55. The molecule has 0 saturated heterocycles. The van der Waals surface area contributed by atoms with E-state index in [-0.39, 0.29) is 0 Å². The summed E-state index contributed by atoms with van der Waals surface area (Å²) in [5, 5.41) is 0. The van der Waals surface area contributed by atoms with E-state index in [9.17, 15) is 0 Å². The Morgan fingerprint density at radius 2 is 1.73 bits per heavy atom. The van der Waals surface area contributed by atoms with Crippen LogP contribution in [0.4, 0.5) is 0 Å². The van der Waals surface area contributed by atoms with E-state index in [1.165, 1.54) is 11.6 Å². The predicted octanol–water partition coefficient (Wildman–Crippen LogP) is 4.57. The van der Waals surface area contributed by atoms with Crippen molar-refractivity contribution in [1.29, 1.82) is 0 Å². The quantitative estimate of drug-likeness (QED) is 0.603. The van der Waals surface area contributed by atoms with Gasteiger partial charge in [0.1, 0.15) is 0 Å². The molecular formula is C14H20Si. The van der Waals surface area contributed by atoms with Crippen molar-refractivity contribution in [3.05, 3.63) is 41.5 Å². The smallest absolute Gasteiger partial charge is 0.0587 e. The molecule has 0 fully saturated rings. The second kappa shape index (κ2) is 3.64. The monoisotopic (exact) mass is 216 g/mol. The first-order valence-corrected chi connectivity index (χ1v) is 9.06. The molecule has 0 amide bonds. The summed E-state index contributed by atoms with van der Waals surface area (Å²) in [6.45, 7) is 9.76. The van der Waals surface area contributed by atoms with Gasteiger partial charge in [0.25, 0.3) is 0 Å². The van der Waals surface area contributed by atoms with Gasteiger partial charge in [-0.2, -0.15) is 0 Å². The topological polar surface area (TPSA) is 0 Å². The molecular weight excluding hydrogens is 196 g/mol. The van der Waals surface area contributed by atoms with Gasteiger partial charge in [-0.15, -0.1) is 0 Å². The summed E-state index contributed by atoms with van der Waals surface area (Å²) in [7, 11) is -1.03. The van der Waals surface area contributed by atoms with Gasteiger partial charge in [-0.3, -0.25) is 0 Å². The highest BCUT2D eigenvalue weighted by Crippen LogP contribution is 2.47. The lowest BCUT2D eigenvalue weighted by Gasteiger charge is -2.22. The lowest BCUT2D eigenvalue weighted by atomic mass is 10.0. The summed E-state index contributed by atoms with van der Waals surface area (Å²) >= 11 is 0. The molecule has 0 radical (unpaired) electrons. The molecule has 1 heteroatoms. The largest absolute Gasteiger partial charge is 0.0696 e. The first kappa shape index (κ1) is 10.7. The molecule has 1 aromatic carbocycles. The molecule has 1 heterocycles. The summed E-state index contributed by atoms with van der Waals surface area (Å²) in [5.74, 6) is 0. The molecule has 1 aromatic rings. The van der Waals surface area contributed by atoms with Gasteiger partial charge >= 0.3 is 0 Å². The molecule has 0 aromatic heterocycles. The van der Waals surface area contributed by atoms with Crippen LogP contribution in [0.3, 0.4) is 0 Å². The van der Waals surface area contributed by atoms with E-state index in [2.05, 4.69) is 57.3 Å². The Kier molecular flexibility index (Phi) is 2.59.